The molecule has 1 aromatic carbocycles. The molecule has 1 N–H and O–H groups in total. The van der Waals surface area contributed by atoms with Crippen molar-refractivity contribution >= 4 is 0 Å². The van der Waals surface area contributed by atoms with E-state index in [1.165, 1.54) is 63.4 Å². The fourth-order valence-electron chi connectivity index (χ4n) is 4.79. The lowest BCUT2D eigenvalue weighted by Gasteiger charge is -2.42. The number of para-hydroxylation sites is 1. The molecule has 0 bridgehead atoms. The lowest BCUT2D eigenvalue weighted by atomic mass is 9.86. The van der Waals surface area contributed by atoms with Crippen molar-refractivity contribution in [1.29, 1.82) is 0 Å². The van der Waals surface area contributed by atoms with Crippen molar-refractivity contribution in [2.45, 2.75) is 88.8 Å². The van der Waals surface area contributed by atoms with Gasteiger partial charge in [-0.05, 0) is 43.2 Å². The van der Waals surface area contributed by atoms with E-state index in [4.69, 9.17) is 4.74 Å². The first-order chi connectivity index (χ1) is 12.3. The van der Waals surface area contributed by atoms with Crippen LogP contribution >= 0.6 is 0 Å². The van der Waals surface area contributed by atoms with E-state index in [2.05, 4.69) is 17.0 Å². The van der Waals surface area contributed by atoms with Crippen molar-refractivity contribution in [2.75, 3.05) is 13.7 Å². The lowest BCUT2D eigenvalue weighted by Crippen LogP contribution is -2.48. The predicted molar refractivity (Wildman–Crippen MR) is 103 cm³/mol. The van der Waals surface area contributed by atoms with Crippen LogP contribution in [0, 0.1) is 0 Å². The van der Waals surface area contributed by atoms with E-state index in [1.807, 2.05) is 12.1 Å². The molecule has 0 aromatic heterocycles. The first-order valence-electron chi connectivity index (χ1n) is 10.4. The van der Waals surface area contributed by atoms with Gasteiger partial charge in [0.1, 0.15) is 12.0 Å². The summed E-state index contributed by atoms with van der Waals surface area (Å²) in [6, 6.07) is 8.88. The van der Waals surface area contributed by atoms with Crippen LogP contribution < -0.4 is 4.74 Å². The molecule has 140 valence electrons. The smallest absolute Gasteiger partial charge is 0.122 e. The van der Waals surface area contributed by atoms with E-state index in [-0.39, 0.29) is 6.23 Å². The van der Waals surface area contributed by atoms with Gasteiger partial charge in [0.15, 0.2) is 0 Å². The minimum Gasteiger partial charge on any atom is -0.496 e. The van der Waals surface area contributed by atoms with Crippen molar-refractivity contribution in [3.8, 4) is 5.75 Å². The number of ether oxygens (including phenoxy) is 1. The second kappa shape index (κ2) is 9.59. The van der Waals surface area contributed by atoms with Crippen molar-refractivity contribution in [3.05, 3.63) is 29.8 Å². The maximum absolute atomic E-state index is 10.9. The molecule has 3 rings (SSSR count). The Balaban J connectivity index is 1.62. The monoisotopic (exact) mass is 345 g/mol. The van der Waals surface area contributed by atoms with Crippen molar-refractivity contribution < 1.29 is 9.84 Å². The van der Waals surface area contributed by atoms with E-state index < -0.39 is 0 Å². The molecule has 3 nitrogen and oxygen atoms in total. The molecule has 1 saturated carbocycles. The summed E-state index contributed by atoms with van der Waals surface area (Å²) in [6.45, 7) is 1.01. The van der Waals surface area contributed by atoms with Crippen LogP contribution in [0.15, 0.2) is 24.3 Å². The van der Waals surface area contributed by atoms with Crippen LogP contribution in [0.2, 0.25) is 0 Å². The molecule has 1 aromatic rings. The summed E-state index contributed by atoms with van der Waals surface area (Å²) in [4.78, 5) is 2.41. The quantitative estimate of drug-likeness (QED) is 0.828. The van der Waals surface area contributed by atoms with Gasteiger partial charge in [0, 0.05) is 12.6 Å². The van der Waals surface area contributed by atoms with E-state index in [0.717, 1.165) is 25.1 Å². The minimum absolute atomic E-state index is 0.309. The molecule has 3 heteroatoms. The number of methoxy groups -OCH3 is 1. The normalized spacial score (nSPS) is 27.8. The number of aliphatic hydroxyl groups is 1. The maximum atomic E-state index is 10.9. The van der Waals surface area contributed by atoms with E-state index >= 15 is 0 Å². The molecule has 0 amide bonds. The van der Waals surface area contributed by atoms with Gasteiger partial charge in [-0.1, -0.05) is 63.1 Å². The number of nitrogens with zero attached hydrogens (tertiary/aromatic N) is 1. The third kappa shape index (κ3) is 4.98. The largest absolute Gasteiger partial charge is 0.496 e. The highest BCUT2D eigenvalue weighted by Gasteiger charge is 2.33. The van der Waals surface area contributed by atoms with Gasteiger partial charge in [-0.15, -0.1) is 0 Å². The summed E-state index contributed by atoms with van der Waals surface area (Å²) in [5, 5.41) is 10.9. The highest BCUT2D eigenvalue weighted by molar-refractivity contribution is 5.36. The van der Waals surface area contributed by atoms with Crippen LogP contribution in [-0.4, -0.2) is 35.9 Å². The lowest BCUT2D eigenvalue weighted by molar-refractivity contribution is -0.0613. The molecule has 1 saturated heterocycles. The van der Waals surface area contributed by atoms with Gasteiger partial charge in [0.25, 0.3) is 0 Å². The molecule has 25 heavy (non-hydrogen) atoms. The zero-order valence-corrected chi connectivity index (χ0v) is 15.8. The van der Waals surface area contributed by atoms with Gasteiger partial charge < -0.3 is 9.84 Å². The third-order valence-electron chi connectivity index (χ3n) is 6.24. The fourth-order valence-corrected chi connectivity index (χ4v) is 4.79. The Morgan fingerprint density at radius 2 is 1.56 bits per heavy atom. The fraction of sp³-hybridized carbons (Fsp3) is 0.727. The molecule has 2 unspecified atom stereocenters. The number of hydrogen-bond acceptors (Lipinski definition) is 3. The Hall–Kier alpha value is -1.06. The summed E-state index contributed by atoms with van der Waals surface area (Å²) in [7, 11) is 1.74. The van der Waals surface area contributed by atoms with Gasteiger partial charge in [-0.2, -0.15) is 0 Å². The highest BCUT2D eigenvalue weighted by Crippen LogP contribution is 2.37. The van der Waals surface area contributed by atoms with E-state index in [0.29, 0.717) is 12.0 Å². The first kappa shape index (κ1) is 18.7. The van der Waals surface area contributed by atoms with E-state index in [1.54, 1.807) is 7.11 Å². The van der Waals surface area contributed by atoms with Gasteiger partial charge in [0.05, 0.1) is 7.11 Å². The Morgan fingerprint density at radius 1 is 0.920 bits per heavy atom. The Morgan fingerprint density at radius 3 is 2.20 bits per heavy atom. The number of aliphatic hydroxyl groups excluding tert-OH is 1. The van der Waals surface area contributed by atoms with Crippen LogP contribution in [0.4, 0.5) is 0 Å². The van der Waals surface area contributed by atoms with Crippen molar-refractivity contribution in [1.82, 2.24) is 4.90 Å². The minimum atomic E-state index is -0.309. The molecule has 1 aliphatic heterocycles. The maximum Gasteiger partial charge on any atom is 0.122 e. The van der Waals surface area contributed by atoms with Gasteiger partial charge >= 0.3 is 0 Å². The molecule has 0 radical (unpaired) electrons. The molecular formula is C22H35NO2. The average Bonchev–Trinajstić information content (AvgIpc) is 2.66. The summed E-state index contributed by atoms with van der Waals surface area (Å²) >= 11 is 0. The number of likely N-dealkylation sites (tertiary alicyclic amines) is 1. The number of hydrogen-bond donors (Lipinski definition) is 1. The topological polar surface area (TPSA) is 32.7 Å². The molecule has 1 aliphatic carbocycles. The average molecular weight is 346 g/mol. The van der Waals surface area contributed by atoms with Gasteiger partial charge in [-0.25, -0.2) is 0 Å². The highest BCUT2D eigenvalue weighted by atomic mass is 16.5. The molecule has 2 atom stereocenters. The number of rotatable bonds is 3. The molecule has 0 spiro atoms. The van der Waals surface area contributed by atoms with Crippen molar-refractivity contribution in [2.24, 2.45) is 0 Å². The second-order valence-electron chi connectivity index (χ2n) is 7.89. The van der Waals surface area contributed by atoms with Gasteiger partial charge in [-0.3, -0.25) is 4.90 Å². The van der Waals surface area contributed by atoms with Crippen molar-refractivity contribution in [3.63, 3.8) is 0 Å². The van der Waals surface area contributed by atoms with Crippen LogP contribution in [0.3, 0.4) is 0 Å². The van der Waals surface area contributed by atoms with Crippen LogP contribution in [0.5, 0.6) is 5.75 Å². The molecular weight excluding hydrogens is 310 g/mol. The van der Waals surface area contributed by atoms with Gasteiger partial charge in [0.2, 0.25) is 0 Å². The second-order valence-corrected chi connectivity index (χ2v) is 7.89. The first-order valence-corrected chi connectivity index (χ1v) is 10.4. The Kier molecular flexibility index (Phi) is 7.18. The summed E-state index contributed by atoms with van der Waals surface area (Å²) in [5.74, 6) is 1.37. The Labute approximate surface area is 153 Å². The van der Waals surface area contributed by atoms with Crippen LogP contribution in [0.25, 0.3) is 0 Å². The third-order valence-corrected chi connectivity index (χ3v) is 6.24. The summed E-state index contributed by atoms with van der Waals surface area (Å²) in [5.41, 5.74) is 1.26. The zero-order chi connectivity index (χ0) is 17.5. The molecule has 1 heterocycles. The Bertz CT molecular complexity index is 509. The van der Waals surface area contributed by atoms with E-state index in [9.17, 15) is 5.11 Å². The SMILES string of the molecule is COc1ccccc1C1CCN(C2CCCCCCCCC2)C(O)C1. The number of piperidine rings is 1. The molecule has 2 fully saturated rings. The van der Waals surface area contributed by atoms with Crippen LogP contribution in [0.1, 0.15) is 82.1 Å². The molecule has 2 aliphatic rings. The standard InChI is InChI=1S/C22H35NO2/c1-25-21-14-10-9-13-20(21)18-15-16-23(22(24)17-18)19-11-7-5-3-2-4-6-8-12-19/h9-10,13-14,18-19,22,24H,2-8,11-12,15-17H2,1H3. The predicted octanol–water partition coefficient (Wildman–Crippen LogP) is 5.09. The number of benzene rings is 1. The van der Waals surface area contributed by atoms with Crippen LogP contribution in [-0.2, 0) is 0 Å². The zero-order valence-electron chi connectivity index (χ0n) is 15.8. The summed E-state index contributed by atoms with van der Waals surface area (Å²) < 4.78 is 5.54. The summed E-state index contributed by atoms with van der Waals surface area (Å²) in [6.07, 6.45) is 13.7.